The summed E-state index contributed by atoms with van der Waals surface area (Å²) in [4.78, 5) is 12.6. The third-order valence-electron chi connectivity index (χ3n) is 4.85. The van der Waals surface area contributed by atoms with E-state index in [4.69, 9.17) is 4.74 Å². The Hall–Kier alpha value is -2.35. The summed E-state index contributed by atoms with van der Waals surface area (Å²) < 4.78 is 30.6. The summed E-state index contributed by atoms with van der Waals surface area (Å²) in [5, 5.41) is 7.55. The van der Waals surface area contributed by atoms with Crippen LogP contribution in [-0.4, -0.2) is 42.7 Å². The number of nitrogens with one attached hydrogen (secondary N) is 1. The Kier molecular flexibility index (Phi) is 5.52. The quantitative estimate of drug-likeness (QED) is 0.826. The lowest BCUT2D eigenvalue weighted by Crippen LogP contribution is -2.21. The second-order valence-corrected chi connectivity index (χ2v) is 10.5. The first kappa shape index (κ1) is 20.4. The molecule has 3 rings (SSSR count). The lowest BCUT2D eigenvalue weighted by molar-refractivity contribution is -0.115. The Labute approximate surface area is 166 Å². The first-order chi connectivity index (χ1) is 13.1. The minimum atomic E-state index is -3.06. The molecule has 1 fully saturated rings. The van der Waals surface area contributed by atoms with Crippen LogP contribution in [0.5, 0.6) is 5.75 Å². The molecule has 152 valence electrons. The van der Waals surface area contributed by atoms with Crippen molar-refractivity contribution in [2.75, 3.05) is 23.9 Å². The number of amides is 1. The van der Waals surface area contributed by atoms with Crippen LogP contribution >= 0.6 is 0 Å². The number of hydrogen-bond acceptors (Lipinski definition) is 5. The molecule has 1 aliphatic rings. The normalized spacial score (nSPS) is 18.8. The maximum absolute atomic E-state index is 12.6. The van der Waals surface area contributed by atoms with Crippen LogP contribution in [0.4, 0.5) is 5.82 Å². The van der Waals surface area contributed by atoms with E-state index < -0.39 is 9.84 Å². The van der Waals surface area contributed by atoms with Gasteiger partial charge in [-0.3, -0.25) is 4.79 Å². The van der Waals surface area contributed by atoms with E-state index in [0.29, 0.717) is 12.2 Å². The largest absolute Gasteiger partial charge is 0.497 e. The number of aromatic nitrogens is 2. The minimum absolute atomic E-state index is 0.0552. The van der Waals surface area contributed by atoms with Gasteiger partial charge in [0, 0.05) is 11.5 Å². The molecule has 28 heavy (non-hydrogen) atoms. The molecule has 1 amide bonds. The van der Waals surface area contributed by atoms with Crippen LogP contribution < -0.4 is 10.1 Å². The summed E-state index contributed by atoms with van der Waals surface area (Å²) in [5.74, 6) is 1.32. The fourth-order valence-electron chi connectivity index (χ4n) is 3.22. The summed E-state index contributed by atoms with van der Waals surface area (Å²) in [5.41, 5.74) is 1.47. The highest BCUT2D eigenvalue weighted by Gasteiger charge is 2.32. The molecule has 1 saturated heterocycles. The van der Waals surface area contributed by atoms with E-state index in [2.05, 4.69) is 10.4 Å². The van der Waals surface area contributed by atoms with Gasteiger partial charge in [0.25, 0.3) is 0 Å². The van der Waals surface area contributed by atoms with Gasteiger partial charge in [0.1, 0.15) is 11.6 Å². The van der Waals surface area contributed by atoms with Crippen molar-refractivity contribution in [2.45, 2.75) is 45.1 Å². The number of sulfone groups is 1. The second kappa shape index (κ2) is 7.58. The topological polar surface area (TPSA) is 90.3 Å². The number of anilines is 1. The Balaban J connectivity index is 1.81. The van der Waals surface area contributed by atoms with Crippen molar-refractivity contribution in [3.05, 3.63) is 41.6 Å². The SMILES string of the molecule is COc1ccc(CC(=O)Nc2cc(C(C)(C)C)nn2[C@H]2CCS(=O)(=O)C2)cc1. The van der Waals surface area contributed by atoms with E-state index in [1.165, 1.54) is 0 Å². The average molecular weight is 406 g/mol. The predicted molar refractivity (Wildman–Crippen MR) is 109 cm³/mol. The molecule has 2 heterocycles. The monoisotopic (exact) mass is 405 g/mol. The van der Waals surface area contributed by atoms with Gasteiger partial charge < -0.3 is 10.1 Å². The summed E-state index contributed by atoms with van der Waals surface area (Å²) in [6.45, 7) is 6.11. The molecule has 0 spiro atoms. The molecule has 7 nitrogen and oxygen atoms in total. The lowest BCUT2D eigenvalue weighted by atomic mass is 9.92. The molecule has 1 aliphatic heterocycles. The Morgan fingerprint density at radius 1 is 1.29 bits per heavy atom. The fraction of sp³-hybridized carbons (Fsp3) is 0.500. The minimum Gasteiger partial charge on any atom is -0.497 e. The zero-order chi connectivity index (χ0) is 20.5. The zero-order valence-electron chi connectivity index (χ0n) is 16.7. The molecular weight excluding hydrogens is 378 g/mol. The number of rotatable bonds is 5. The molecule has 0 radical (unpaired) electrons. The van der Waals surface area contributed by atoms with E-state index in [-0.39, 0.29) is 35.3 Å². The number of ether oxygens (including phenoxy) is 1. The molecule has 0 bridgehead atoms. The number of carbonyl (C=O) groups is 1. The molecule has 0 aliphatic carbocycles. The van der Waals surface area contributed by atoms with E-state index in [1.54, 1.807) is 11.8 Å². The van der Waals surface area contributed by atoms with Gasteiger partial charge in [-0.2, -0.15) is 5.10 Å². The summed E-state index contributed by atoms with van der Waals surface area (Å²) in [6, 6.07) is 8.91. The van der Waals surface area contributed by atoms with Gasteiger partial charge in [-0.05, 0) is 24.1 Å². The summed E-state index contributed by atoms with van der Waals surface area (Å²) in [6.07, 6.45) is 0.720. The van der Waals surface area contributed by atoms with Gasteiger partial charge in [0.15, 0.2) is 9.84 Å². The molecule has 1 atom stereocenters. The van der Waals surface area contributed by atoms with Crippen LogP contribution in [0, 0.1) is 0 Å². The molecule has 1 N–H and O–H groups in total. The van der Waals surface area contributed by atoms with Crippen molar-refractivity contribution in [3.8, 4) is 5.75 Å². The van der Waals surface area contributed by atoms with Crippen molar-refractivity contribution in [1.29, 1.82) is 0 Å². The van der Waals surface area contributed by atoms with E-state index in [1.807, 2.05) is 51.1 Å². The number of methoxy groups -OCH3 is 1. The van der Waals surface area contributed by atoms with Gasteiger partial charge in [0.05, 0.1) is 36.8 Å². The maximum atomic E-state index is 12.6. The molecule has 0 saturated carbocycles. The van der Waals surface area contributed by atoms with Gasteiger partial charge in [0.2, 0.25) is 5.91 Å². The molecule has 1 aromatic carbocycles. The third kappa shape index (κ3) is 4.73. The predicted octanol–water partition coefficient (Wildman–Crippen LogP) is 2.73. The molecule has 0 unspecified atom stereocenters. The van der Waals surface area contributed by atoms with Crippen LogP contribution in [0.2, 0.25) is 0 Å². The third-order valence-corrected chi connectivity index (χ3v) is 6.60. The van der Waals surface area contributed by atoms with Gasteiger partial charge in [-0.15, -0.1) is 0 Å². The number of benzene rings is 1. The number of hydrogen-bond donors (Lipinski definition) is 1. The van der Waals surface area contributed by atoms with Crippen LogP contribution in [-0.2, 0) is 26.5 Å². The fourth-order valence-corrected chi connectivity index (χ4v) is 4.91. The van der Waals surface area contributed by atoms with Crippen molar-refractivity contribution in [3.63, 3.8) is 0 Å². The Bertz CT molecular complexity index is 956. The molecular formula is C20H27N3O4S. The highest BCUT2D eigenvalue weighted by molar-refractivity contribution is 7.91. The Morgan fingerprint density at radius 3 is 2.50 bits per heavy atom. The molecule has 8 heteroatoms. The standard InChI is InChI=1S/C20H27N3O4S/c1-20(2,3)17-12-18(23(22-17)15-9-10-28(25,26)13-15)21-19(24)11-14-5-7-16(27-4)8-6-14/h5-8,12,15H,9-11,13H2,1-4H3,(H,21,24)/t15-/m0/s1. The number of carbonyl (C=O) groups excluding carboxylic acids is 1. The van der Waals surface area contributed by atoms with Crippen molar-refractivity contribution < 1.29 is 17.9 Å². The van der Waals surface area contributed by atoms with Gasteiger partial charge in [-0.25, -0.2) is 13.1 Å². The van der Waals surface area contributed by atoms with Crippen molar-refractivity contribution in [2.24, 2.45) is 0 Å². The van der Waals surface area contributed by atoms with Crippen LogP contribution in [0.25, 0.3) is 0 Å². The number of nitrogens with zero attached hydrogens (tertiary/aromatic N) is 2. The van der Waals surface area contributed by atoms with E-state index in [0.717, 1.165) is 17.0 Å². The molecule has 1 aromatic heterocycles. The highest BCUT2D eigenvalue weighted by atomic mass is 32.2. The Morgan fingerprint density at radius 2 is 1.96 bits per heavy atom. The highest BCUT2D eigenvalue weighted by Crippen LogP contribution is 2.31. The van der Waals surface area contributed by atoms with Gasteiger partial charge in [-0.1, -0.05) is 32.9 Å². The van der Waals surface area contributed by atoms with Crippen LogP contribution in [0.15, 0.2) is 30.3 Å². The average Bonchev–Trinajstić information content (AvgIpc) is 3.18. The van der Waals surface area contributed by atoms with Crippen LogP contribution in [0.3, 0.4) is 0 Å². The first-order valence-electron chi connectivity index (χ1n) is 9.30. The zero-order valence-corrected chi connectivity index (χ0v) is 17.5. The van der Waals surface area contributed by atoms with Crippen LogP contribution in [0.1, 0.15) is 44.5 Å². The van der Waals surface area contributed by atoms with Crippen molar-refractivity contribution >= 4 is 21.6 Å². The summed E-state index contributed by atoms with van der Waals surface area (Å²) >= 11 is 0. The van der Waals surface area contributed by atoms with Crippen molar-refractivity contribution in [1.82, 2.24) is 9.78 Å². The first-order valence-corrected chi connectivity index (χ1v) is 11.1. The second-order valence-electron chi connectivity index (χ2n) is 8.24. The maximum Gasteiger partial charge on any atom is 0.229 e. The summed E-state index contributed by atoms with van der Waals surface area (Å²) in [7, 11) is -1.46. The van der Waals surface area contributed by atoms with Gasteiger partial charge >= 0.3 is 0 Å². The molecule has 2 aromatic rings. The van der Waals surface area contributed by atoms with E-state index in [9.17, 15) is 13.2 Å². The smallest absolute Gasteiger partial charge is 0.229 e. The van der Waals surface area contributed by atoms with E-state index >= 15 is 0 Å². The lowest BCUT2D eigenvalue weighted by Gasteiger charge is -2.15.